The molecule has 3 aromatic heterocycles. The van der Waals surface area contributed by atoms with Crippen molar-refractivity contribution in [2.24, 2.45) is 0 Å². The summed E-state index contributed by atoms with van der Waals surface area (Å²) < 4.78 is 29.3. The molecular formula is C31H22F2IrN5. The Morgan fingerprint density at radius 2 is 1.38 bits per heavy atom. The maximum absolute atomic E-state index is 13.2. The fourth-order valence-electron chi connectivity index (χ4n) is 3.25. The van der Waals surface area contributed by atoms with Gasteiger partial charge in [0, 0.05) is 42.6 Å². The minimum Gasteiger partial charge on any atom is -0.305 e. The van der Waals surface area contributed by atoms with Crippen molar-refractivity contribution in [1.82, 2.24) is 24.5 Å². The van der Waals surface area contributed by atoms with Gasteiger partial charge in [-0.25, -0.2) is 6.08 Å². The summed E-state index contributed by atoms with van der Waals surface area (Å²) in [7, 11) is 0. The van der Waals surface area contributed by atoms with E-state index in [1.165, 1.54) is 0 Å². The van der Waals surface area contributed by atoms with Crippen molar-refractivity contribution in [3.8, 4) is 22.6 Å². The predicted molar refractivity (Wildman–Crippen MR) is 143 cm³/mol. The summed E-state index contributed by atoms with van der Waals surface area (Å²) in [5.74, 6) is -1.29. The molecular weight excluding hydrogens is 673 g/mol. The quantitative estimate of drug-likeness (QED) is 0.191. The van der Waals surface area contributed by atoms with Crippen LogP contribution in [-0.4, -0.2) is 24.5 Å². The van der Waals surface area contributed by atoms with Gasteiger partial charge in [-0.15, -0.1) is 42.5 Å². The van der Waals surface area contributed by atoms with Crippen molar-refractivity contribution in [1.29, 1.82) is 0 Å². The molecule has 0 spiro atoms. The van der Waals surface area contributed by atoms with Gasteiger partial charge in [0.2, 0.25) is 0 Å². The first-order valence-electron chi connectivity index (χ1n) is 11.5. The molecule has 0 saturated heterocycles. The first-order valence-corrected chi connectivity index (χ1v) is 11.5. The summed E-state index contributed by atoms with van der Waals surface area (Å²) in [6.45, 7) is 5.22. The Labute approximate surface area is 239 Å². The normalized spacial score (nSPS) is 9.69. The number of hydrogen-bond acceptors (Lipinski definition) is 3. The molecule has 8 heteroatoms. The molecule has 0 bridgehead atoms. The van der Waals surface area contributed by atoms with E-state index in [0.29, 0.717) is 5.69 Å². The molecule has 0 atom stereocenters. The molecule has 39 heavy (non-hydrogen) atoms. The molecule has 194 valence electrons. The molecule has 6 aromatic rings. The zero-order valence-corrected chi connectivity index (χ0v) is 22.9. The fourth-order valence-corrected chi connectivity index (χ4v) is 3.25. The number of rotatable bonds is 4. The van der Waals surface area contributed by atoms with Crippen LogP contribution in [0.15, 0.2) is 122 Å². The van der Waals surface area contributed by atoms with Crippen LogP contribution in [0.2, 0.25) is 0 Å². The van der Waals surface area contributed by atoms with E-state index in [4.69, 9.17) is 6.58 Å². The molecule has 0 aliphatic heterocycles. The van der Waals surface area contributed by atoms with Crippen molar-refractivity contribution in [3.05, 3.63) is 158 Å². The first-order chi connectivity index (χ1) is 18.6. The van der Waals surface area contributed by atoms with Gasteiger partial charge < -0.3 is 4.98 Å². The number of hydrogen-bond donors (Lipinski definition) is 0. The summed E-state index contributed by atoms with van der Waals surface area (Å²) in [4.78, 5) is 3.95. The molecule has 0 saturated carbocycles. The van der Waals surface area contributed by atoms with Crippen LogP contribution >= 0.6 is 0 Å². The Balaban J connectivity index is 0.000000168. The Morgan fingerprint density at radius 3 is 1.87 bits per heavy atom. The Kier molecular flexibility index (Phi) is 11.2. The Morgan fingerprint density at radius 1 is 0.744 bits per heavy atom. The van der Waals surface area contributed by atoms with Gasteiger partial charge in [-0.1, -0.05) is 42.0 Å². The summed E-state index contributed by atoms with van der Waals surface area (Å²) in [6, 6.07) is 32.2. The molecule has 6 rings (SSSR count). The zero-order valence-electron chi connectivity index (χ0n) is 20.5. The average Bonchev–Trinajstić information content (AvgIpc) is 3.70. The van der Waals surface area contributed by atoms with Crippen molar-refractivity contribution < 1.29 is 28.9 Å². The molecule has 0 radical (unpaired) electrons. The van der Waals surface area contributed by atoms with Crippen molar-refractivity contribution in [2.75, 3.05) is 0 Å². The SMILES string of the molecule is Fc1c[c-]c(-c2ccccn2)c(F)c1.[CH-]=Cc1ccccc1.[Ir+3].[c-]1c(-n2cccn2)cccc1-n1cccn1. The average molecular weight is 695 g/mol. The van der Waals surface area contributed by atoms with E-state index in [2.05, 4.69) is 27.3 Å². The summed E-state index contributed by atoms with van der Waals surface area (Å²) in [5.41, 5.74) is 3.50. The standard InChI is InChI=1S/C12H9N4.C11H6F2N.C8H7.Ir/c1-4-11(15-8-2-6-13-15)10-12(5-1)16-9-3-7-14-16;12-8-4-5-9(10(13)7-8)11-3-1-2-6-14-11;1-2-8-6-4-3-5-7-8;/h1-9H;1-4,6-7H;1-7H;/q3*-1;+3. The second-order valence-electron chi connectivity index (χ2n) is 7.66. The number of benzene rings is 3. The van der Waals surface area contributed by atoms with Gasteiger partial charge in [-0.3, -0.25) is 24.7 Å². The monoisotopic (exact) mass is 695 g/mol. The van der Waals surface area contributed by atoms with Gasteiger partial charge in [0.25, 0.3) is 0 Å². The Bertz CT molecular complexity index is 1490. The topological polar surface area (TPSA) is 48.5 Å². The molecule has 3 heterocycles. The molecule has 0 unspecified atom stereocenters. The van der Waals surface area contributed by atoms with Crippen LogP contribution in [0.5, 0.6) is 0 Å². The van der Waals surface area contributed by atoms with Crippen LogP contribution in [0.1, 0.15) is 5.56 Å². The summed E-state index contributed by atoms with van der Waals surface area (Å²) in [5, 5.41) is 8.33. The van der Waals surface area contributed by atoms with E-state index in [1.807, 2.05) is 73.1 Å². The largest absolute Gasteiger partial charge is 3.00 e. The molecule has 0 fully saturated rings. The van der Waals surface area contributed by atoms with Crippen molar-refractivity contribution in [3.63, 3.8) is 0 Å². The van der Waals surface area contributed by atoms with Gasteiger partial charge in [0.15, 0.2) is 0 Å². The molecule has 5 nitrogen and oxygen atoms in total. The van der Waals surface area contributed by atoms with Crippen LogP contribution in [0.3, 0.4) is 0 Å². The molecule has 0 amide bonds. The van der Waals surface area contributed by atoms with Crippen molar-refractivity contribution >= 4 is 6.08 Å². The van der Waals surface area contributed by atoms with Crippen LogP contribution in [0, 0.1) is 30.3 Å². The Hall–Kier alpha value is -4.52. The van der Waals surface area contributed by atoms with Gasteiger partial charge in [-0.2, -0.15) is 21.8 Å². The summed E-state index contributed by atoms with van der Waals surface area (Å²) in [6.07, 6.45) is 10.4. The van der Waals surface area contributed by atoms with Gasteiger partial charge >= 0.3 is 20.1 Å². The van der Waals surface area contributed by atoms with E-state index >= 15 is 0 Å². The van der Waals surface area contributed by atoms with E-state index < -0.39 is 11.6 Å². The van der Waals surface area contributed by atoms with Crippen LogP contribution < -0.4 is 0 Å². The summed E-state index contributed by atoms with van der Waals surface area (Å²) >= 11 is 0. The third-order valence-corrected chi connectivity index (χ3v) is 5.04. The molecule has 0 N–H and O–H groups in total. The number of nitrogens with zero attached hydrogens (tertiary/aromatic N) is 5. The van der Waals surface area contributed by atoms with E-state index in [1.54, 1.807) is 52.2 Å². The molecule has 3 aromatic carbocycles. The predicted octanol–water partition coefficient (Wildman–Crippen LogP) is 6.82. The van der Waals surface area contributed by atoms with E-state index in [0.717, 1.165) is 29.1 Å². The maximum atomic E-state index is 13.2. The molecule has 0 aliphatic rings. The second kappa shape index (κ2) is 15.0. The van der Waals surface area contributed by atoms with Gasteiger partial charge in [-0.05, 0) is 35.3 Å². The van der Waals surface area contributed by atoms with Gasteiger partial charge in [0.05, 0.1) is 0 Å². The maximum Gasteiger partial charge on any atom is 3.00 e. The van der Waals surface area contributed by atoms with Crippen molar-refractivity contribution in [2.45, 2.75) is 0 Å². The van der Waals surface area contributed by atoms with Gasteiger partial charge in [0.1, 0.15) is 0 Å². The first kappa shape index (κ1) is 29.0. The second-order valence-corrected chi connectivity index (χ2v) is 7.66. The van der Waals surface area contributed by atoms with Crippen LogP contribution in [0.25, 0.3) is 28.7 Å². The van der Waals surface area contributed by atoms with Crippen LogP contribution in [-0.2, 0) is 20.1 Å². The molecule has 0 aliphatic carbocycles. The van der Waals surface area contributed by atoms with E-state index in [9.17, 15) is 8.78 Å². The number of pyridine rings is 1. The number of aromatic nitrogens is 5. The minimum absolute atomic E-state index is 0. The fraction of sp³-hybridized carbons (Fsp3) is 0. The van der Waals surface area contributed by atoms with Crippen LogP contribution in [0.4, 0.5) is 8.78 Å². The third-order valence-electron chi connectivity index (χ3n) is 5.04. The minimum atomic E-state index is -0.649. The third kappa shape index (κ3) is 8.50. The zero-order chi connectivity index (χ0) is 26.6. The smallest absolute Gasteiger partial charge is 0.305 e. The van der Waals surface area contributed by atoms with E-state index in [-0.39, 0.29) is 25.7 Å². The number of halogens is 2.